The molecule has 0 aromatic heterocycles. The molecule has 30 heavy (non-hydrogen) atoms. The largest absolute Gasteiger partial charge is 0.352 e. The Bertz CT molecular complexity index is 960. The fraction of sp³-hybridized carbons (Fsp3) is 0.348. The number of likely N-dealkylation sites (tertiary alicyclic amines) is 1. The van der Waals surface area contributed by atoms with Crippen molar-refractivity contribution in [2.45, 2.75) is 36.5 Å². The maximum atomic E-state index is 13.1. The van der Waals surface area contributed by atoms with E-state index >= 15 is 0 Å². The molecule has 2 N–H and O–H groups in total. The van der Waals surface area contributed by atoms with Crippen LogP contribution >= 0.6 is 11.8 Å². The summed E-state index contributed by atoms with van der Waals surface area (Å²) in [5.41, 5.74) is 2.97. The van der Waals surface area contributed by atoms with E-state index in [0.29, 0.717) is 19.6 Å². The number of benzene rings is 2. The third-order valence-electron chi connectivity index (χ3n) is 5.54. The zero-order valence-corrected chi connectivity index (χ0v) is 17.7. The van der Waals surface area contributed by atoms with Gasteiger partial charge in [-0.3, -0.25) is 14.4 Å². The van der Waals surface area contributed by atoms with E-state index in [0.717, 1.165) is 29.0 Å². The van der Waals surface area contributed by atoms with Gasteiger partial charge in [0, 0.05) is 24.5 Å². The van der Waals surface area contributed by atoms with Gasteiger partial charge in [-0.05, 0) is 37.5 Å². The van der Waals surface area contributed by atoms with Gasteiger partial charge in [-0.2, -0.15) is 0 Å². The highest BCUT2D eigenvalue weighted by molar-refractivity contribution is 8.01. The van der Waals surface area contributed by atoms with Gasteiger partial charge in [0.05, 0.1) is 11.6 Å². The van der Waals surface area contributed by atoms with Crippen LogP contribution in [0.15, 0.2) is 53.4 Å². The number of nitrogens with one attached hydrogen (secondary N) is 2. The molecular weight excluding hydrogens is 398 g/mol. The first-order chi connectivity index (χ1) is 14.5. The minimum absolute atomic E-state index is 0.0424. The third kappa shape index (κ3) is 4.51. The number of amides is 3. The number of aryl methyl sites for hydroxylation is 1. The van der Waals surface area contributed by atoms with Crippen LogP contribution in [0.25, 0.3) is 0 Å². The molecule has 2 aromatic carbocycles. The topological polar surface area (TPSA) is 78.5 Å². The lowest BCUT2D eigenvalue weighted by atomic mass is 9.96. The van der Waals surface area contributed by atoms with Crippen LogP contribution in [-0.4, -0.2) is 41.0 Å². The zero-order valence-electron chi connectivity index (χ0n) is 16.9. The maximum Gasteiger partial charge on any atom is 0.247 e. The van der Waals surface area contributed by atoms with Crippen molar-refractivity contribution < 1.29 is 14.4 Å². The lowest BCUT2D eigenvalue weighted by Crippen LogP contribution is -2.50. The highest BCUT2D eigenvalue weighted by Crippen LogP contribution is 2.36. The minimum atomic E-state index is -0.811. The number of hydrogen-bond donors (Lipinski definition) is 2. The first-order valence-electron chi connectivity index (χ1n) is 10.2. The average molecular weight is 424 g/mol. The highest BCUT2D eigenvalue weighted by atomic mass is 32.2. The number of carbonyl (C=O) groups excluding carboxylic acids is 3. The molecule has 1 saturated heterocycles. The van der Waals surface area contributed by atoms with Gasteiger partial charge in [-0.25, -0.2) is 0 Å². The number of piperidine rings is 1. The summed E-state index contributed by atoms with van der Waals surface area (Å²) in [5.74, 6) is -0.811. The van der Waals surface area contributed by atoms with Crippen LogP contribution in [0.1, 0.15) is 24.0 Å². The Morgan fingerprint density at radius 2 is 1.93 bits per heavy atom. The van der Waals surface area contributed by atoms with Crippen LogP contribution in [0.3, 0.4) is 0 Å². The number of rotatable bonds is 4. The molecule has 4 rings (SSSR count). The van der Waals surface area contributed by atoms with E-state index in [2.05, 4.69) is 10.6 Å². The van der Waals surface area contributed by atoms with Crippen molar-refractivity contribution in [1.82, 2.24) is 10.2 Å². The molecule has 0 bridgehead atoms. The minimum Gasteiger partial charge on any atom is -0.352 e. The second-order valence-electron chi connectivity index (χ2n) is 7.81. The molecule has 7 heteroatoms. The van der Waals surface area contributed by atoms with E-state index in [9.17, 15) is 14.4 Å². The number of fused-ring (bicyclic) bond motifs is 1. The van der Waals surface area contributed by atoms with Crippen molar-refractivity contribution in [1.29, 1.82) is 0 Å². The normalized spacial score (nSPS) is 20.8. The lowest BCUT2D eigenvalue weighted by Gasteiger charge is -2.35. The van der Waals surface area contributed by atoms with Crippen molar-refractivity contribution in [3.63, 3.8) is 0 Å². The maximum absolute atomic E-state index is 13.1. The highest BCUT2D eigenvalue weighted by Gasteiger charge is 2.38. The molecule has 2 atom stereocenters. The standard InChI is InChI=1S/C23H25N3O3S/c1-15-8-10-16(11-9-15)13-24-21(27)17-5-4-12-26(14-17)23(29)20-22(28)25-18-6-2-3-7-19(18)30-20/h2-3,6-11,17,20H,4-5,12-14H2,1H3,(H,24,27)(H,25,28)/t17-,20+/m1/s1. The van der Waals surface area contributed by atoms with Crippen molar-refractivity contribution in [3.8, 4) is 0 Å². The first-order valence-corrected chi connectivity index (χ1v) is 11.1. The molecule has 0 saturated carbocycles. The quantitative estimate of drug-likeness (QED) is 0.741. The van der Waals surface area contributed by atoms with E-state index in [-0.39, 0.29) is 23.6 Å². The van der Waals surface area contributed by atoms with Crippen molar-refractivity contribution in [2.75, 3.05) is 18.4 Å². The van der Waals surface area contributed by atoms with Crippen LogP contribution < -0.4 is 10.6 Å². The summed E-state index contributed by atoms with van der Waals surface area (Å²) in [5, 5.41) is 5.00. The summed E-state index contributed by atoms with van der Waals surface area (Å²) in [4.78, 5) is 40.8. The zero-order chi connectivity index (χ0) is 21.1. The summed E-state index contributed by atoms with van der Waals surface area (Å²) in [6, 6.07) is 15.5. The Hall–Kier alpha value is -2.80. The van der Waals surface area contributed by atoms with E-state index in [4.69, 9.17) is 0 Å². The van der Waals surface area contributed by atoms with Gasteiger partial charge in [0.1, 0.15) is 0 Å². The molecule has 0 unspecified atom stereocenters. The van der Waals surface area contributed by atoms with Gasteiger partial charge in [-0.15, -0.1) is 11.8 Å². The fourth-order valence-electron chi connectivity index (χ4n) is 3.81. The van der Waals surface area contributed by atoms with Crippen LogP contribution in [0, 0.1) is 12.8 Å². The number of carbonyl (C=O) groups is 3. The smallest absolute Gasteiger partial charge is 0.247 e. The predicted molar refractivity (Wildman–Crippen MR) is 117 cm³/mol. The van der Waals surface area contributed by atoms with Gasteiger partial charge < -0.3 is 15.5 Å². The van der Waals surface area contributed by atoms with Crippen molar-refractivity contribution >= 4 is 35.2 Å². The van der Waals surface area contributed by atoms with Gasteiger partial charge in [0.2, 0.25) is 17.7 Å². The molecule has 2 aliphatic heterocycles. The molecule has 3 amide bonds. The second-order valence-corrected chi connectivity index (χ2v) is 8.96. The summed E-state index contributed by atoms with van der Waals surface area (Å²) in [6.45, 7) is 3.43. The van der Waals surface area contributed by atoms with Crippen LogP contribution in [-0.2, 0) is 20.9 Å². The van der Waals surface area contributed by atoms with E-state index in [1.54, 1.807) is 4.90 Å². The Balaban J connectivity index is 1.36. The molecule has 156 valence electrons. The lowest BCUT2D eigenvalue weighted by molar-refractivity contribution is -0.137. The van der Waals surface area contributed by atoms with E-state index in [1.165, 1.54) is 17.3 Å². The van der Waals surface area contributed by atoms with Crippen LogP contribution in [0.5, 0.6) is 0 Å². The molecule has 1 fully saturated rings. The van der Waals surface area contributed by atoms with Crippen LogP contribution in [0.2, 0.25) is 0 Å². The van der Waals surface area contributed by atoms with Gasteiger partial charge >= 0.3 is 0 Å². The molecule has 2 aromatic rings. The Morgan fingerprint density at radius 3 is 2.73 bits per heavy atom. The number of nitrogens with zero attached hydrogens (tertiary/aromatic N) is 1. The molecule has 2 heterocycles. The molecule has 0 spiro atoms. The molecule has 0 aliphatic carbocycles. The number of thioether (sulfide) groups is 1. The monoisotopic (exact) mass is 423 g/mol. The van der Waals surface area contributed by atoms with Gasteiger partial charge in [-0.1, -0.05) is 42.0 Å². The number of anilines is 1. The van der Waals surface area contributed by atoms with Gasteiger partial charge in [0.25, 0.3) is 0 Å². The summed E-state index contributed by atoms with van der Waals surface area (Å²) < 4.78 is 0. The number of para-hydroxylation sites is 1. The van der Waals surface area contributed by atoms with E-state index in [1.807, 2.05) is 55.5 Å². The SMILES string of the molecule is Cc1ccc(CNC(=O)[C@@H]2CCCN(C(=O)[C@H]3Sc4ccccc4NC3=O)C2)cc1. The molecular formula is C23H25N3O3S. The Labute approximate surface area is 180 Å². The second kappa shape index (κ2) is 8.92. The molecule has 6 nitrogen and oxygen atoms in total. The molecule has 2 aliphatic rings. The van der Waals surface area contributed by atoms with Crippen molar-refractivity contribution in [2.24, 2.45) is 5.92 Å². The Morgan fingerprint density at radius 1 is 1.17 bits per heavy atom. The van der Waals surface area contributed by atoms with Crippen LogP contribution in [0.4, 0.5) is 5.69 Å². The van der Waals surface area contributed by atoms with E-state index < -0.39 is 5.25 Å². The summed E-state index contributed by atoms with van der Waals surface area (Å²) >= 11 is 1.28. The summed E-state index contributed by atoms with van der Waals surface area (Å²) in [7, 11) is 0. The molecule has 0 radical (unpaired) electrons. The predicted octanol–water partition coefficient (Wildman–Crippen LogP) is 2.96. The van der Waals surface area contributed by atoms with Gasteiger partial charge in [0.15, 0.2) is 5.25 Å². The summed E-state index contributed by atoms with van der Waals surface area (Å²) in [6.07, 6.45) is 1.50. The average Bonchev–Trinajstić information content (AvgIpc) is 2.77. The first kappa shape index (κ1) is 20.5. The number of hydrogen-bond acceptors (Lipinski definition) is 4. The fourth-order valence-corrected chi connectivity index (χ4v) is 4.88. The Kier molecular flexibility index (Phi) is 6.08. The van der Waals surface area contributed by atoms with Crippen molar-refractivity contribution in [3.05, 3.63) is 59.7 Å². The third-order valence-corrected chi connectivity index (χ3v) is 6.80.